The van der Waals surface area contributed by atoms with E-state index in [9.17, 15) is 28.2 Å². The van der Waals surface area contributed by atoms with E-state index >= 15 is 0 Å². The summed E-state index contributed by atoms with van der Waals surface area (Å²) in [5, 5.41) is 22.8. The molecule has 176 valence electrons. The number of carbonyl (C=O) groups excluding carboxylic acids is 1. The zero-order valence-corrected chi connectivity index (χ0v) is 17.9. The highest BCUT2D eigenvalue weighted by atomic mass is 35.5. The normalized spacial score (nSPS) is 22.7. The molecular formula is C21H24ClF3N2O5. The number of carbonyl (C=O) groups is 1. The van der Waals surface area contributed by atoms with Crippen LogP contribution in [-0.4, -0.2) is 53.6 Å². The number of aliphatic hydroxyl groups excluding tert-OH is 2. The van der Waals surface area contributed by atoms with Crippen LogP contribution in [0.2, 0.25) is 0 Å². The molecule has 1 aliphatic carbocycles. The largest absolute Gasteiger partial charge is 0.497 e. The maximum absolute atomic E-state index is 12.7. The molecule has 3 rings (SSSR count). The number of nitrogens with one attached hydrogen (secondary N) is 1. The molecule has 1 aliphatic rings. The Morgan fingerprint density at radius 3 is 2.47 bits per heavy atom. The average Bonchev–Trinajstić information content (AvgIpc) is 3.04. The number of halogens is 4. The van der Waals surface area contributed by atoms with Gasteiger partial charge in [-0.05, 0) is 37.1 Å². The van der Waals surface area contributed by atoms with Crippen LogP contribution in [0.4, 0.5) is 13.2 Å². The highest BCUT2D eigenvalue weighted by Crippen LogP contribution is 2.39. The first-order valence-electron chi connectivity index (χ1n) is 9.56. The maximum atomic E-state index is 12.7. The highest BCUT2D eigenvalue weighted by Gasteiger charge is 2.45. The van der Waals surface area contributed by atoms with E-state index in [1.54, 1.807) is 24.3 Å². The second-order valence-electron chi connectivity index (χ2n) is 7.63. The molecule has 1 aromatic heterocycles. The molecule has 0 spiro atoms. The van der Waals surface area contributed by atoms with Gasteiger partial charge in [-0.3, -0.25) is 4.79 Å². The number of ether oxygens (including phenoxy) is 2. The minimum absolute atomic E-state index is 0. The summed E-state index contributed by atoms with van der Waals surface area (Å²) in [6, 6.07) is 8.53. The Labute approximate surface area is 189 Å². The molecule has 7 nitrogen and oxygen atoms in total. The lowest BCUT2D eigenvalue weighted by molar-refractivity contribution is -0.137. The standard InChI is InChI=1S/C21H23F3N2O5.ClH/c1-30-15-4-2-3-13(7-15)19(29)26-11-20(8-16(27)17(28)9-20)12-31-18-6-5-14(10-25-18)21(22,23)24;/h2-7,10,16-17,27-28H,8-9,11-12H2,1H3,(H,26,29);1H/t16-,17+,20?;. The molecule has 32 heavy (non-hydrogen) atoms. The Hall–Kier alpha value is -2.56. The summed E-state index contributed by atoms with van der Waals surface area (Å²) < 4.78 is 48.7. The van der Waals surface area contributed by atoms with Crippen LogP contribution in [-0.2, 0) is 6.18 Å². The van der Waals surface area contributed by atoms with Gasteiger partial charge in [-0.2, -0.15) is 13.2 Å². The first kappa shape index (κ1) is 25.7. The van der Waals surface area contributed by atoms with Gasteiger partial charge >= 0.3 is 6.18 Å². The zero-order chi connectivity index (χ0) is 22.6. The summed E-state index contributed by atoms with van der Waals surface area (Å²) in [6.45, 7) is 0.0235. The van der Waals surface area contributed by atoms with Crippen LogP contribution in [0.15, 0.2) is 42.6 Å². The molecule has 0 radical (unpaired) electrons. The van der Waals surface area contributed by atoms with Crippen LogP contribution in [0.25, 0.3) is 0 Å². The highest BCUT2D eigenvalue weighted by molar-refractivity contribution is 5.94. The van der Waals surface area contributed by atoms with Gasteiger partial charge in [-0.25, -0.2) is 4.98 Å². The van der Waals surface area contributed by atoms with Crippen LogP contribution >= 0.6 is 12.4 Å². The fraction of sp³-hybridized carbons (Fsp3) is 0.429. The second-order valence-corrected chi connectivity index (χ2v) is 7.63. The van der Waals surface area contributed by atoms with Crippen LogP contribution in [0, 0.1) is 5.41 Å². The number of aromatic nitrogens is 1. The first-order valence-corrected chi connectivity index (χ1v) is 9.56. The molecule has 0 aliphatic heterocycles. The van der Waals surface area contributed by atoms with Gasteiger partial charge in [-0.1, -0.05) is 6.07 Å². The third kappa shape index (κ3) is 6.24. The van der Waals surface area contributed by atoms with Gasteiger partial charge in [0.2, 0.25) is 5.88 Å². The number of alkyl halides is 3. The average molecular weight is 477 g/mol. The molecule has 11 heteroatoms. The lowest BCUT2D eigenvalue weighted by atomic mass is 9.86. The monoisotopic (exact) mass is 476 g/mol. The minimum Gasteiger partial charge on any atom is -0.497 e. The molecule has 1 unspecified atom stereocenters. The molecule has 1 saturated carbocycles. The van der Waals surface area contributed by atoms with Gasteiger partial charge in [0.1, 0.15) is 5.75 Å². The SMILES string of the molecule is COc1cccc(C(=O)NCC2(COc3ccc(C(F)(F)F)cn3)C[C@@H](O)[C@@H](O)C2)c1.Cl. The van der Waals surface area contributed by atoms with Crippen molar-refractivity contribution in [3.8, 4) is 11.6 Å². The van der Waals surface area contributed by atoms with E-state index in [-0.39, 0.29) is 50.2 Å². The molecule has 1 heterocycles. The number of benzene rings is 1. The molecule has 1 amide bonds. The lowest BCUT2D eigenvalue weighted by Crippen LogP contribution is -2.40. The number of nitrogens with zero attached hydrogens (tertiary/aromatic N) is 1. The maximum Gasteiger partial charge on any atom is 0.417 e. The van der Waals surface area contributed by atoms with Crippen LogP contribution in [0.1, 0.15) is 28.8 Å². The molecule has 0 bridgehead atoms. The number of amides is 1. The topological polar surface area (TPSA) is 101 Å². The smallest absolute Gasteiger partial charge is 0.417 e. The Kier molecular flexibility index (Phi) is 8.33. The van der Waals surface area contributed by atoms with Crippen molar-refractivity contribution in [3.05, 3.63) is 53.7 Å². The minimum atomic E-state index is -4.50. The van der Waals surface area contributed by atoms with E-state index in [1.807, 2.05) is 0 Å². The molecule has 1 fully saturated rings. The quantitative estimate of drug-likeness (QED) is 0.568. The summed E-state index contributed by atoms with van der Waals surface area (Å²) >= 11 is 0. The number of methoxy groups -OCH3 is 1. The van der Waals surface area contributed by atoms with Crippen LogP contribution in [0.3, 0.4) is 0 Å². The summed E-state index contributed by atoms with van der Waals surface area (Å²) in [7, 11) is 1.49. The van der Waals surface area contributed by atoms with E-state index in [0.29, 0.717) is 17.5 Å². The van der Waals surface area contributed by atoms with Gasteiger partial charge in [0, 0.05) is 29.8 Å². The number of pyridine rings is 1. The first-order chi connectivity index (χ1) is 14.6. The van der Waals surface area contributed by atoms with Gasteiger partial charge in [0.25, 0.3) is 5.91 Å². The van der Waals surface area contributed by atoms with Crippen molar-refractivity contribution in [1.82, 2.24) is 10.3 Å². The summed E-state index contributed by atoms with van der Waals surface area (Å²) in [5.41, 5.74) is -1.34. The van der Waals surface area contributed by atoms with E-state index in [1.165, 1.54) is 7.11 Å². The van der Waals surface area contributed by atoms with Gasteiger partial charge in [0.15, 0.2) is 0 Å². The molecule has 0 saturated heterocycles. The Morgan fingerprint density at radius 1 is 1.22 bits per heavy atom. The van der Waals surface area contributed by atoms with Crippen molar-refractivity contribution < 1.29 is 37.7 Å². The number of hydrogen-bond acceptors (Lipinski definition) is 6. The second kappa shape index (κ2) is 10.4. The van der Waals surface area contributed by atoms with Crippen LogP contribution < -0.4 is 14.8 Å². The molecule has 2 aromatic rings. The third-order valence-corrected chi connectivity index (χ3v) is 5.27. The predicted molar refractivity (Wildman–Crippen MR) is 111 cm³/mol. The number of aliphatic hydroxyl groups is 2. The number of rotatable bonds is 7. The molecule has 1 aromatic carbocycles. The van der Waals surface area contributed by atoms with Crippen molar-refractivity contribution in [3.63, 3.8) is 0 Å². The van der Waals surface area contributed by atoms with Crippen molar-refractivity contribution in [2.45, 2.75) is 31.2 Å². The molecular weight excluding hydrogens is 453 g/mol. The Bertz CT molecular complexity index is 901. The van der Waals surface area contributed by atoms with Gasteiger partial charge in [-0.15, -0.1) is 12.4 Å². The molecule has 3 atom stereocenters. The van der Waals surface area contributed by atoms with Crippen molar-refractivity contribution in [1.29, 1.82) is 0 Å². The van der Waals surface area contributed by atoms with E-state index in [0.717, 1.165) is 12.1 Å². The fourth-order valence-electron chi connectivity index (χ4n) is 3.55. The Balaban J connectivity index is 0.00000363. The third-order valence-electron chi connectivity index (χ3n) is 5.27. The summed E-state index contributed by atoms with van der Waals surface area (Å²) in [5.74, 6) is 0.120. The van der Waals surface area contributed by atoms with Gasteiger partial charge in [0.05, 0.1) is 31.5 Å². The van der Waals surface area contributed by atoms with E-state index in [4.69, 9.17) is 9.47 Å². The summed E-state index contributed by atoms with van der Waals surface area (Å²) in [6.07, 6.45) is -5.54. The fourth-order valence-corrected chi connectivity index (χ4v) is 3.55. The lowest BCUT2D eigenvalue weighted by Gasteiger charge is -2.29. The Morgan fingerprint density at radius 2 is 1.91 bits per heavy atom. The van der Waals surface area contributed by atoms with Crippen LogP contribution in [0.5, 0.6) is 11.6 Å². The number of hydrogen-bond donors (Lipinski definition) is 3. The van der Waals surface area contributed by atoms with Crippen molar-refractivity contribution in [2.75, 3.05) is 20.3 Å². The van der Waals surface area contributed by atoms with Crippen molar-refractivity contribution in [2.24, 2.45) is 5.41 Å². The van der Waals surface area contributed by atoms with E-state index < -0.39 is 29.4 Å². The zero-order valence-electron chi connectivity index (χ0n) is 17.1. The van der Waals surface area contributed by atoms with E-state index in [2.05, 4.69) is 10.3 Å². The predicted octanol–water partition coefficient (Wildman–Crippen LogP) is 2.84. The van der Waals surface area contributed by atoms with Crippen molar-refractivity contribution >= 4 is 18.3 Å². The van der Waals surface area contributed by atoms with Gasteiger partial charge < -0.3 is 25.0 Å². The molecule has 3 N–H and O–H groups in total. The summed E-state index contributed by atoms with van der Waals surface area (Å²) in [4.78, 5) is 16.2.